The summed E-state index contributed by atoms with van der Waals surface area (Å²) in [5.41, 5.74) is 0. The van der Waals surface area contributed by atoms with Crippen LogP contribution in [0.3, 0.4) is 0 Å². The Kier molecular flexibility index (Phi) is 17.5. The van der Waals surface area contributed by atoms with Crippen LogP contribution in [0, 0.1) is 0 Å². The minimum atomic E-state index is -1.14. The fourth-order valence-electron chi connectivity index (χ4n) is 2.78. The van der Waals surface area contributed by atoms with Crippen molar-refractivity contribution in [2.75, 3.05) is 0 Å². The van der Waals surface area contributed by atoms with Gasteiger partial charge in [-0.15, -0.1) is 0 Å². The molecular formula is C16H33O4Si4. The van der Waals surface area contributed by atoms with Crippen LogP contribution in [-0.2, 0) is 16.5 Å². The van der Waals surface area contributed by atoms with Gasteiger partial charge in [-0.2, -0.15) is 0 Å². The lowest BCUT2D eigenvalue weighted by molar-refractivity contribution is 0.327. The van der Waals surface area contributed by atoms with Crippen LogP contribution in [0.5, 0.6) is 0 Å². The summed E-state index contributed by atoms with van der Waals surface area (Å²) < 4.78 is 21.6. The van der Waals surface area contributed by atoms with E-state index >= 15 is 0 Å². The van der Waals surface area contributed by atoms with Crippen molar-refractivity contribution < 1.29 is 16.5 Å². The van der Waals surface area contributed by atoms with E-state index in [9.17, 15) is 0 Å². The Balaban J connectivity index is 1.74. The summed E-state index contributed by atoms with van der Waals surface area (Å²) in [6, 6.07) is 1.05. The normalized spacial score (nSPS) is 16.9. The number of unbranched alkanes of at least 4 members (excludes halogenated alkanes) is 13. The molecule has 1 aliphatic rings. The zero-order valence-corrected chi connectivity index (χ0v) is 19.2. The van der Waals surface area contributed by atoms with E-state index in [1.54, 1.807) is 0 Å². The molecule has 1 aliphatic heterocycles. The highest BCUT2D eigenvalue weighted by atomic mass is 28.4. The molecule has 0 spiro atoms. The average Bonchev–Trinajstić information content (AvgIpc) is 2.56. The first-order chi connectivity index (χ1) is 11.9. The molecular weight excluding hydrogens is 369 g/mol. The van der Waals surface area contributed by atoms with Crippen molar-refractivity contribution in [3.05, 3.63) is 0 Å². The van der Waals surface area contributed by atoms with E-state index in [2.05, 4.69) is 6.92 Å². The largest absolute Gasteiger partial charge is 0.413 e. The zero-order valence-electron chi connectivity index (χ0n) is 15.2. The molecule has 0 atom stereocenters. The molecule has 1 heterocycles. The molecule has 24 heavy (non-hydrogen) atoms. The predicted molar refractivity (Wildman–Crippen MR) is 102 cm³/mol. The van der Waals surface area contributed by atoms with Gasteiger partial charge in [-0.3, -0.25) is 0 Å². The molecule has 0 amide bonds. The molecule has 0 aliphatic carbocycles. The van der Waals surface area contributed by atoms with Gasteiger partial charge in [-0.25, -0.2) is 0 Å². The second-order valence-corrected chi connectivity index (χ2v) is 11.4. The molecule has 137 valence electrons. The van der Waals surface area contributed by atoms with Crippen molar-refractivity contribution >= 4 is 39.3 Å². The Bertz CT molecular complexity index is 254. The quantitative estimate of drug-likeness (QED) is 0.296. The Labute approximate surface area is 158 Å². The van der Waals surface area contributed by atoms with Gasteiger partial charge in [0, 0.05) is 0 Å². The van der Waals surface area contributed by atoms with Crippen LogP contribution < -0.4 is 0 Å². The predicted octanol–water partition coefficient (Wildman–Crippen LogP) is 4.64. The van der Waals surface area contributed by atoms with Crippen LogP contribution in [0.1, 0.15) is 96.8 Å². The molecule has 0 unspecified atom stereocenters. The first-order valence-corrected chi connectivity index (χ1v) is 13.7. The highest BCUT2D eigenvalue weighted by Gasteiger charge is 2.19. The van der Waals surface area contributed by atoms with E-state index in [1.165, 1.54) is 89.9 Å². The van der Waals surface area contributed by atoms with Gasteiger partial charge in [-0.05, 0) is 6.04 Å². The molecule has 1 saturated heterocycles. The van der Waals surface area contributed by atoms with E-state index in [0.29, 0.717) is 0 Å². The Morgan fingerprint density at radius 1 is 0.542 bits per heavy atom. The molecule has 1 fully saturated rings. The monoisotopic (exact) mass is 401 g/mol. The second kappa shape index (κ2) is 18.5. The fourth-order valence-corrected chi connectivity index (χ4v) is 7.31. The fraction of sp³-hybridized carbons (Fsp3) is 1.00. The summed E-state index contributed by atoms with van der Waals surface area (Å²) in [6.07, 6.45) is 19.5. The van der Waals surface area contributed by atoms with Gasteiger partial charge < -0.3 is 16.5 Å². The van der Waals surface area contributed by atoms with E-state index in [1.807, 2.05) is 0 Å². The van der Waals surface area contributed by atoms with Crippen molar-refractivity contribution in [2.45, 2.75) is 103 Å². The zero-order chi connectivity index (χ0) is 17.1. The number of rotatable bonds is 15. The molecule has 0 bridgehead atoms. The number of hydrogen-bond donors (Lipinski definition) is 0. The van der Waals surface area contributed by atoms with E-state index in [0.717, 1.165) is 6.04 Å². The summed E-state index contributed by atoms with van der Waals surface area (Å²) in [7, 11) is -0.884. The average molecular weight is 402 g/mol. The summed E-state index contributed by atoms with van der Waals surface area (Å²) in [5, 5.41) is 0. The third-order valence-corrected chi connectivity index (χ3v) is 8.80. The van der Waals surface area contributed by atoms with Crippen molar-refractivity contribution in [1.29, 1.82) is 0 Å². The van der Waals surface area contributed by atoms with E-state index in [-0.39, 0.29) is 30.0 Å². The lowest BCUT2D eigenvalue weighted by Gasteiger charge is -2.16. The van der Waals surface area contributed by atoms with E-state index in [4.69, 9.17) is 16.5 Å². The SMILES string of the molecule is CCCCCCCCCCCCCCCC[Si]1O[Si]O[Si]O[Si]O1. The Morgan fingerprint density at radius 2 is 0.958 bits per heavy atom. The molecule has 0 aromatic heterocycles. The first-order valence-electron chi connectivity index (χ1n) is 9.69. The van der Waals surface area contributed by atoms with Gasteiger partial charge in [0.1, 0.15) is 0 Å². The van der Waals surface area contributed by atoms with Crippen molar-refractivity contribution in [1.82, 2.24) is 0 Å². The smallest absolute Gasteiger partial charge is 0.412 e. The molecule has 0 saturated carbocycles. The maximum absolute atomic E-state index is 5.62. The van der Waals surface area contributed by atoms with Crippen LogP contribution in [0.4, 0.5) is 0 Å². The van der Waals surface area contributed by atoms with Crippen molar-refractivity contribution in [2.24, 2.45) is 0 Å². The second-order valence-electron chi connectivity index (χ2n) is 6.38. The highest BCUT2D eigenvalue weighted by Crippen LogP contribution is 2.14. The van der Waals surface area contributed by atoms with Gasteiger partial charge in [-0.1, -0.05) is 96.8 Å². The van der Waals surface area contributed by atoms with Crippen LogP contribution in [0.2, 0.25) is 6.04 Å². The van der Waals surface area contributed by atoms with Gasteiger partial charge in [0.2, 0.25) is 0 Å². The molecule has 0 aromatic rings. The molecule has 7 radical (unpaired) electrons. The third-order valence-electron chi connectivity index (χ3n) is 4.21. The Morgan fingerprint density at radius 3 is 1.42 bits per heavy atom. The molecule has 0 N–H and O–H groups in total. The van der Waals surface area contributed by atoms with Crippen LogP contribution in [0.15, 0.2) is 0 Å². The molecule has 4 nitrogen and oxygen atoms in total. The lowest BCUT2D eigenvalue weighted by Crippen LogP contribution is -2.33. The van der Waals surface area contributed by atoms with Crippen molar-refractivity contribution in [3.8, 4) is 0 Å². The lowest BCUT2D eigenvalue weighted by atomic mass is 10.0. The first kappa shape index (κ1) is 22.7. The Hall–Kier alpha value is 0.708. The van der Waals surface area contributed by atoms with Gasteiger partial charge >= 0.3 is 39.3 Å². The topological polar surface area (TPSA) is 36.9 Å². The standard InChI is InChI=1S/C16H33O4Si4/c1-2-3-4-5-6-7-8-9-10-11-12-13-14-15-16-24-19-22-17-21-18-23-20-24/h2-16H2,1H3. The molecule has 0 aromatic carbocycles. The van der Waals surface area contributed by atoms with Crippen LogP contribution in [-0.4, -0.2) is 39.3 Å². The molecule has 8 heteroatoms. The van der Waals surface area contributed by atoms with Gasteiger partial charge in [0.05, 0.1) is 0 Å². The van der Waals surface area contributed by atoms with E-state index < -0.39 is 9.28 Å². The summed E-state index contributed by atoms with van der Waals surface area (Å²) in [6.45, 7) is 2.28. The highest BCUT2D eigenvalue weighted by molar-refractivity contribution is 6.59. The molecule has 1 rings (SSSR count). The minimum absolute atomic E-state index is 0.0718. The maximum Gasteiger partial charge on any atom is 0.412 e. The van der Waals surface area contributed by atoms with Crippen LogP contribution >= 0.6 is 0 Å². The maximum atomic E-state index is 5.62. The summed E-state index contributed by atoms with van der Waals surface area (Å²) in [5.74, 6) is 0. The van der Waals surface area contributed by atoms with Gasteiger partial charge in [0.25, 0.3) is 0 Å². The summed E-state index contributed by atoms with van der Waals surface area (Å²) in [4.78, 5) is 0. The van der Waals surface area contributed by atoms with Crippen LogP contribution in [0.25, 0.3) is 0 Å². The van der Waals surface area contributed by atoms with Gasteiger partial charge in [0.15, 0.2) is 0 Å². The third kappa shape index (κ3) is 15.0. The minimum Gasteiger partial charge on any atom is -0.413 e. The number of hydrogen-bond acceptors (Lipinski definition) is 4. The van der Waals surface area contributed by atoms with Crippen molar-refractivity contribution in [3.63, 3.8) is 0 Å². The summed E-state index contributed by atoms with van der Waals surface area (Å²) >= 11 is 0.